The van der Waals surface area contributed by atoms with E-state index >= 15 is 0 Å². The molecule has 0 spiro atoms. The fourth-order valence-corrected chi connectivity index (χ4v) is 4.30. The number of rotatable bonds is 6. The molecule has 156 valence electrons. The summed E-state index contributed by atoms with van der Waals surface area (Å²) in [6.45, 7) is -0.485. The maximum atomic E-state index is 12.4. The average Bonchev–Trinajstić information content (AvgIpc) is 2.95. The van der Waals surface area contributed by atoms with Gasteiger partial charge < -0.3 is 8.92 Å². The highest BCUT2D eigenvalue weighted by atomic mass is 35.5. The summed E-state index contributed by atoms with van der Waals surface area (Å²) in [5, 5.41) is -0.216. The number of methoxy groups -OCH3 is 1. The van der Waals surface area contributed by atoms with E-state index in [1.54, 1.807) is 6.07 Å². The molecule has 30 heavy (non-hydrogen) atoms. The van der Waals surface area contributed by atoms with Gasteiger partial charge in [0, 0.05) is 5.02 Å². The maximum absolute atomic E-state index is 12.4. The third kappa shape index (κ3) is 5.02. The first-order valence-electron chi connectivity index (χ1n) is 8.32. The molecule has 0 radical (unpaired) electrons. The third-order valence-corrected chi connectivity index (χ3v) is 6.27. The standard InChI is InChI=1S/C19H14ClNO7S2/c1-27-17(22)11-21-18(23)16(29-19(21)24)10-12-3-2-4-14(9-12)28-30(25,26)15-7-5-13(20)6-8-15/h2-10H,11H2,1H3/b16-10-. The predicted molar refractivity (Wildman–Crippen MR) is 110 cm³/mol. The molecule has 2 amide bonds. The molecule has 2 aromatic rings. The zero-order chi connectivity index (χ0) is 21.9. The Morgan fingerprint density at radius 1 is 1.17 bits per heavy atom. The first-order chi connectivity index (χ1) is 14.2. The smallest absolute Gasteiger partial charge is 0.339 e. The Hall–Kier alpha value is -2.82. The molecule has 0 unspecified atom stereocenters. The molecule has 1 heterocycles. The van der Waals surface area contributed by atoms with Gasteiger partial charge in [0.1, 0.15) is 17.2 Å². The SMILES string of the molecule is COC(=O)CN1C(=O)S/C(=C\c2cccc(OS(=O)(=O)c3ccc(Cl)cc3)c2)C1=O. The molecule has 1 fully saturated rings. The lowest BCUT2D eigenvalue weighted by Gasteiger charge is -2.09. The molecule has 1 aliphatic heterocycles. The summed E-state index contributed by atoms with van der Waals surface area (Å²) in [5.74, 6) is -1.34. The number of halogens is 1. The van der Waals surface area contributed by atoms with Crippen LogP contribution in [0.25, 0.3) is 6.08 Å². The van der Waals surface area contributed by atoms with Gasteiger partial charge in [0.25, 0.3) is 11.1 Å². The number of carbonyl (C=O) groups is 3. The lowest BCUT2D eigenvalue weighted by atomic mass is 10.2. The quantitative estimate of drug-likeness (QED) is 0.362. The van der Waals surface area contributed by atoms with Gasteiger partial charge in [-0.15, -0.1) is 0 Å². The van der Waals surface area contributed by atoms with Crippen molar-refractivity contribution in [1.82, 2.24) is 4.90 Å². The topological polar surface area (TPSA) is 107 Å². The van der Waals surface area contributed by atoms with Gasteiger partial charge in [0.2, 0.25) is 0 Å². The van der Waals surface area contributed by atoms with Gasteiger partial charge >= 0.3 is 16.1 Å². The molecule has 1 aliphatic rings. The number of esters is 1. The molecule has 3 rings (SSSR count). The Morgan fingerprint density at radius 3 is 2.53 bits per heavy atom. The summed E-state index contributed by atoms with van der Waals surface area (Å²) in [5.41, 5.74) is 0.433. The van der Waals surface area contributed by atoms with Crippen molar-refractivity contribution in [1.29, 1.82) is 0 Å². The van der Waals surface area contributed by atoms with Crippen LogP contribution in [0.3, 0.4) is 0 Å². The van der Waals surface area contributed by atoms with E-state index < -0.39 is 33.8 Å². The van der Waals surface area contributed by atoms with Gasteiger partial charge in [0.15, 0.2) is 0 Å². The second kappa shape index (κ2) is 8.90. The van der Waals surface area contributed by atoms with E-state index in [2.05, 4.69) is 4.74 Å². The summed E-state index contributed by atoms with van der Waals surface area (Å²) in [6, 6.07) is 11.5. The monoisotopic (exact) mass is 467 g/mol. The highest BCUT2D eigenvalue weighted by Crippen LogP contribution is 2.32. The van der Waals surface area contributed by atoms with E-state index in [0.29, 0.717) is 22.3 Å². The summed E-state index contributed by atoms with van der Waals surface area (Å²) in [4.78, 5) is 36.5. The van der Waals surface area contributed by atoms with Gasteiger partial charge in [-0.2, -0.15) is 8.42 Å². The van der Waals surface area contributed by atoms with Crippen molar-refractivity contribution in [3.63, 3.8) is 0 Å². The molecule has 0 bridgehead atoms. The molecule has 0 N–H and O–H groups in total. The fraction of sp³-hybridized carbons (Fsp3) is 0.105. The number of hydrogen-bond acceptors (Lipinski definition) is 8. The molecule has 1 saturated heterocycles. The van der Waals surface area contributed by atoms with Crippen LogP contribution in [0.2, 0.25) is 5.02 Å². The second-order valence-corrected chi connectivity index (χ2v) is 8.88. The zero-order valence-corrected chi connectivity index (χ0v) is 17.8. The van der Waals surface area contributed by atoms with Gasteiger partial charge in [0.05, 0.1) is 12.0 Å². The van der Waals surface area contributed by atoms with Crippen molar-refractivity contribution in [3.8, 4) is 5.75 Å². The Labute approximate surface area is 181 Å². The van der Waals surface area contributed by atoms with Gasteiger partial charge in [-0.25, -0.2) is 0 Å². The summed E-state index contributed by atoms with van der Waals surface area (Å²) >= 11 is 6.43. The Bertz CT molecular complexity index is 1140. The van der Waals surface area contributed by atoms with E-state index in [1.165, 1.54) is 48.5 Å². The van der Waals surface area contributed by atoms with Crippen molar-refractivity contribution in [3.05, 3.63) is 64.0 Å². The Morgan fingerprint density at radius 2 is 1.87 bits per heavy atom. The molecule has 0 aromatic heterocycles. The van der Waals surface area contributed by atoms with Crippen molar-refractivity contribution < 1.29 is 31.7 Å². The number of nitrogens with zero attached hydrogens (tertiary/aromatic N) is 1. The minimum absolute atomic E-state index is 0.0208. The van der Waals surface area contributed by atoms with Crippen molar-refractivity contribution in [2.45, 2.75) is 4.90 Å². The number of ether oxygens (including phenoxy) is 1. The predicted octanol–water partition coefficient (Wildman–Crippen LogP) is 3.32. The lowest BCUT2D eigenvalue weighted by molar-refractivity contribution is -0.143. The van der Waals surface area contributed by atoms with Crippen LogP contribution in [0.5, 0.6) is 5.75 Å². The minimum Gasteiger partial charge on any atom is -0.468 e. The number of imide groups is 1. The molecular weight excluding hydrogens is 454 g/mol. The number of amides is 2. The first-order valence-corrected chi connectivity index (χ1v) is 10.9. The van der Waals surface area contributed by atoms with Gasteiger partial charge in [-0.05, 0) is 59.8 Å². The van der Waals surface area contributed by atoms with Crippen LogP contribution in [0.15, 0.2) is 58.3 Å². The maximum Gasteiger partial charge on any atom is 0.339 e. The fourth-order valence-electron chi connectivity index (χ4n) is 2.41. The van der Waals surface area contributed by atoms with E-state index in [9.17, 15) is 22.8 Å². The summed E-state index contributed by atoms with van der Waals surface area (Å²) < 4.78 is 34.4. The Kier molecular flexibility index (Phi) is 6.49. The highest BCUT2D eigenvalue weighted by molar-refractivity contribution is 8.18. The Balaban J connectivity index is 1.80. The lowest BCUT2D eigenvalue weighted by Crippen LogP contribution is -2.34. The number of thioether (sulfide) groups is 1. The van der Waals surface area contributed by atoms with Crippen LogP contribution in [0.1, 0.15) is 5.56 Å². The first kappa shape index (κ1) is 21.9. The van der Waals surface area contributed by atoms with Crippen LogP contribution in [0, 0.1) is 0 Å². The molecular formula is C19H14ClNO7S2. The largest absolute Gasteiger partial charge is 0.468 e. The van der Waals surface area contributed by atoms with Gasteiger partial charge in [-0.3, -0.25) is 19.3 Å². The summed E-state index contributed by atoms with van der Waals surface area (Å²) in [6.07, 6.45) is 1.41. The number of hydrogen-bond donors (Lipinski definition) is 0. The van der Waals surface area contributed by atoms with Crippen LogP contribution in [-0.4, -0.2) is 44.1 Å². The van der Waals surface area contributed by atoms with Crippen LogP contribution in [0.4, 0.5) is 4.79 Å². The van der Waals surface area contributed by atoms with E-state index in [1.807, 2.05) is 0 Å². The summed E-state index contributed by atoms with van der Waals surface area (Å²) in [7, 11) is -2.93. The van der Waals surface area contributed by atoms with Crippen molar-refractivity contribution in [2.24, 2.45) is 0 Å². The van der Waals surface area contributed by atoms with E-state index in [4.69, 9.17) is 15.8 Å². The van der Waals surface area contributed by atoms with Crippen LogP contribution < -0.4 is 4.18 Å². The van der Waals surface area contributed by atoms with E-state index in [-0.39, 0.29) is 15.6 Å². The molecule has 11 heteroatoms. The zero-order valence-electron chi connectivity index (χ0n) is 15.4. The van der Waals surface area contributed by atoms with Crippen LogP contribution in [-0.2, 0) is 24.4 Å². The molecule has 0 atom stereocenters. The average molecular weight is 468 g/mol. The number of carbonyl (C=O) groups excluding carboxylic acids is 3. The molecule has 8 nitrogen and oxygen atoms in total. The third-order valence-electron chi connectivity index (χ3n) is 3.85. The molecule has 0 aliphatic carbocycles. The van der Waals surface area contributed by atoms with Crippen molar-refractivity contribution in [2.75, 3.05) is 13.7 Å². The molecule has 0 saturated carbocycles. The van der Waals surface area contributed by atoms with E-state index in [0.717, 1.165) is 12.0 Å². The number of benzene rings is 2. The highest BCUT2D eigenvalue weighted by Gasteiger charge is 2.36. The second-order valence-electron chi connectivity index (χ2n) is 5.91. The normalized spacial score (nSPS) is 15.5. The van der Waals surface area contributed by atoms with Gasteiger partial charge in [-0.1, -0.05) is 23.7 Å². The minimum atomic E-state index is -4.08. The van der Waals surface area contributed by atoms with Crippen LogP contribution >= 0.6 is 23.4 Å². The molecule has 2 aromatic carbocycles. The van der Waals surface area contributed by atoms with Crippen molar-refractivity contribution >= 4 is 56.7 Å².